The number of hydrogen-bond acceptors (Lipinski definition) is 2. The van der Waals surface area contributed by atoms with Crippen LogP contribution in [0.5, 0.6) is 0 Å². The summed E-state index contributed by atoms with van der Waals surface area (Å²) in [6.45, 7) is 7.46. The summed E-state index contributed by atoms with van der Waals surface area (Å²) >= 11 is 16.5. The molecule has 0 aliphatic carbocycles. The fourth-order valence-corrected chi connectivity index (χ4v) is 2.73. The summed E-state index contributed by atoms with van der Waals surface area (Å²) < 4.78 is 1.16. The first-order chi connectivity index (χ1) is 8.78. The lowest BCUT2D eigenvalue weighted by Crippen LogP contribution is -2.30. The van der Waals surface area contributed by atoms with Crippen LogP contribution in [0, 0.1) is 0 Å². The van der Waals surface area contributed by atoms with Crippen LogP contribution in [0.3, 0.4) is 0 Å². The van der Waals surface area contributed by atoms with Crippen LogP contribution in [0.2, 0.25) is 5.02 Å². The van der Waals surface area contributed by atoms with Crippen LogP contribution in [0.1, 0.15) is 20.8 Å². The van der Waals surface area contributed by atoms with E-state index in [1.165, 1.54) is 0 Å². The quantitative estimate of drug-likeness (QED) is 0.571. The molecule has 6 heteroatoms. The van der Waals surface area contributed by atoms with E-state index in [1.807, 2.05) is 30.0 Å². The normalized spacial score (nSPS) is 11.2. The Labute approximate surface area is 138 Å². The average Bonchev–Trinajstić information content (AvgIpc) is 2.28. The third-order valence-electron chi connectivity index (χ3n) is 2.10. The summed E-state index contributed by atoms with van der Waals surface area (Å²) in [5, 5.41) is 7.58. The van der Waals surface area contributed by atoms with Crippen molar-refractivity contribution in [3.05, 3.63) is 27.7 Å². The lowest BCUT2D eigenvalue weighted by molar-refractivity contribution is 0.800. The Bertz CT molecular complexity index is 447. The predicted octanol–water partition coefficient (Wildman–Crippen LogP) is 4.92. The number of halogens is 2. The Morgan fingerprint density at radius 3 is 2.68 bits per heavy atom. The molecule has 19 heavy (non-hydrogen) atoms. The molecule has 0 saturated heterocycles. The third kappa shape index (κ3) is 7.40. The molecule has 1 aromatic carbocycles. The van der Waals surface area contributed by atoms with Gasteiger partial charge in [0, 0.05) is 27.2 Å². The van der Waals surface area contributed by atoms with Crippen LogP contribution in [0.4, 0.5) is 5.69 Å². The fourth-order valence-electron chi connectivity index (χ4n) is 1.27. The molecular weight excluding hydrogens is 364 g/mol. The molecule has 0 saturated carbocycles. The largest absolute Gasteiger partial charge is 0.362 e. The van der Waals surface area contributed by atoms with Crippen molar-refractivity contribution in [2.45, 2.75) is 25.5 Å². The second-order valence-corrected chi connectivity index (χ2v) is 8.56. The van der Waals surface area contributed by atoms with E-state index in [2.05, 4.69) is 47.3 Å². The van der Waals surface area contributed by atoms with E-state index in [4.69, 9.17) is 23.8 Å². The standard InChI is InChI=1S/C13H18BrClN2S2/c1-13(2,3)19-7-6-16-12(18)17-9-4-5-10(14)11(15)8-9/h4-5,8H,6-7H2,1-3H3,(H2,16,17,18). The lowest BCUT2D eigenvalue weighted by atomic mass is 10.3. The molecule has 1 aromatic rings. The number of anilines is 1. The maximum Gasteiger partial charge on any atom is 0.170 e. The van der Waals surface area contributed by atoms with Crippen molar-refractivity contribution in [3.63, 3.8) is 0 Å². The minimum absolute atomic E-state index is 0.288. The van der Waals surface area contributed by atoms with Gasteiger partial charge in [-0.2, -0.15) is 11.8 Å². The number of thiocarbonyl (C=S) groups is 1. The van der Waals surface area contributed by atoms with Gasteiger partial charge in [-0.1, -0.05) is 32.4 Å². The molecule has 0 amide bonds. The highest BCUT2D eigenvalue weighted by atomic mass is 79.9. The molecular formula is C13H18BrClN2S2. The Hall–Kier alpha value is 0.0300. The van der Waals surface area contributed by atoms with Crippen LogP contribution < -0.4 is 10.6 Å². The SMILES string of the molecule is CC(C)(C)SCCNC(=S)Nc1ccc(Br)c(Cl)c1. The van der Waals surface area contributed by atoms with E-state index in [9.17, 15) is 0 Å². The van der Waals surface area contributed by atoms with Gasteiger partial charge in [-0.05, 0) is 46.3 Å². The smallest absolute Gasteiger partial charge is 0.170 e. The van der Waals surface area contributed by atoms with E-state index in [0.717, 1.165) is 22.5 Å². The average molecular weight is 382 g/mol. The van der Waals surface area contributed by atoms with Crippen LogP contribution in [0.15, 0.2) is 22.7 Å². The van der Waals surface area contributed by atoms with Crippen molar-refractivity contribution in [1.82, 2.24) is 5.32 Å². The van der Waals surface area contributed by atoms with Crippen molar-refractivity contribution in [2.24, 2.45) is 0 Å². The first-order valence-electron chi connectivity index (χ1n) is 5.92. The molecule has 0 aliphatic rings. The molecule has 0 fully saturated rings. The predicted molar refractivity (Wildman–Crippen MR) is 95.6 cm³/mol. The van der Waals surface area contributed by atoms with E-state index < -0.39 is 0 Å². The first-order valence-corrected chi connectivity index (χ1v) is 8.48. The van der Waals surface area contributed by atoms with Gasteiger partial charge < -0.3 is 10.6 Å². The molecule has 2 nitrogen and oxygen atoms in total. The molecule has 0 atom stereocenters. The monoisotopic (exact) mass is 380 g/mol. The summed E-state index contributed by atoms with van der Waals surface area (Å²) in [4.78, 5) is 0. The Balaban J connectivity index is 2.33. The molecule has 0 radical (unpaired) electrons. The van der Waals surface area contributed by atoms with Gasteiger partial charge in [0.2, 0.25) is 0 Å². The second-order valence-electron chi connectivity index (χ2n) is 4.97. The van der Waals surface area contributed by atoms with Crippen molar-refractivity contribution >= 4 is 62.3 Å². The van der Waals surface area contributed by atoms with Gasteiger partial charge in [0.15, 0.2) is 5.11 Å². The van der Waals surface area contributed by atoms with Gasteiger partial charge in [0.25, 0.3) is 0 Å². The molecule has 0 aliphatic heterocycles. The molecule has 1 rings (SSSR count). The van der Waals surface area contributed by atoms with Crippen molar-refractivity contribution in [3.8, 4) is 0 Å². The summed E-state index contributed by atoms with van der Waals surface area (Å²) in [6, 6.07) is 5.65. The summed E-state index contributed by atoms with van der Waals surface area (Å²) in [7, 11) is 0. The molecule has 0 heterocycles. The highest BCUT2D eigenvalue weighted by Gasteiger charge is 2.09. The molecule has 0 unspecified atom stereocenters. The highest BCUT2D eigenvalue weighted by molar-refractivity contribution is 9.10. The lowest BCUT2D eigenvalue weighted by Gasteiger charge is -2.18. The summed E-state index contributed by atoms with van der Waals surface area (Å²) in [5.41, 5.74) is 0.883. The van der Waals surface area contributed by atoms with E-state index in [1.54, 1.807) is 0 Å². The Morgan fingerprint density at radius 1 is 1.42 bits per heavy atom. The third-order valence-corrected chi connectivity index (χ3v) is 4.85. The number of thioether (sulfide) groups is 1. The number of rotatable bonds is 4. The van der Waals surface area contributed by atoms with Crippen LogP contribution in [-0.4, -0.2) is 22.2 Å². The van der Waals surface area contributed by atoms with E-state index >= 15 is 0 Å². The zero-order valence-electron chi connectivity index (χ0n) is 11.2. The van der Waals surface area contributed by atoms with E-state index in [-0.39, 0.29) is 4.75 Å². The van der Waals surface area contributed by atoms with Gasteiger partial charge in [0.1, 0.15) is 0 Å². The molecule has 0 bridgehead atoms. The molecule has 0 spiro atoms. The number of benzene rings is 1. The fraction of sp³-hybridized carbons (Fsp3) is 0.462. The summed E-state index contributed by atoms with van der Waals surface area (Å²) in [6.07, 6.45) is 0. The zero-order chi connectivity index (χ0) is 14.5. The summed E-state index contributed by atoms with van der Waals surface area (Å²) in [5.74, 6) is 1.02. The highest BCUT2D eigenvalue weighted by Crippen LogP contribution is 2.25. The zero-order valence-corrected chi connectivity index (χ0v) is 15.2. The molecule has 2 N–H and O–H groups in total. The minimum Gasteiger partial charge on any atom is -0.362 e. The maximum atomic E-state index is 6.02. The van der Waals surface area contributed by atoms with Crippen LogP contribution in [0.25, 0.3) is 0 Å². The number of nitrogens with one attached hydrogen (secondary N) is 2. The topological polar surface area (TPSA) is 24.1 Å². The van der Waals surface area contributed by atoms with Crippen molar-refractivity contribution < 1.29 is 0 Å². The number of hydrogen-bond donors (Lipinski definition) is 2. The van der Waals surface area contributed by atoms with Gasteiger partial charge in [-0.25, -0.2) is 0 Å². The van der Waals surface area contributed by atoms with Crippen LogP contribution in [-0.2, 0) is 0 Å². The Kier molecular flexibility index (Phi) is 6.94. The first kappa shape index (κ1) is 17.1. The van der Waals surface area contributed by atoms with Gasteiger partial charge in [-0.15, -0.1) is 0 Å². The van der Waals surface area contributed by atoms with Crippen molar-refractivity contribution in [1.29, 1.82) is 0 Å². The van der Waals surface area contributed by atoms with Gasteiger partial charge in [-0.3, -0.25) is 0 Å². The van der Waals surface area contributed by atoms with Crippen molar-refractivity contribution in [2.75, 3.05) is 17.6 Å². The maximum absolute atomic E-state index is 6.02. The second kappa shape index (κ2) is 7.72. The van der Waals surface area contributed by atoms with Gasteiger partial charge in [0.05, 0.1) is 5.02 Å². The Morgan fingerprint density at radius 2 is 2.11 bits per heavy atom. The molecule has 0 aromatic heterocycles. The minimum atomic E-state index is 0.288. The van der Waals surface area contributed by atoms with E-state index in [0.29, 0.717) is 10.1 Å². The molecule has 106 valence electrons. The van der Waals surface area contributed by atoms with Crippen LogP contribution >= 0.6 is 51.5 Å². The van der Waals surface area contributed by atoms with Gasteiger partial charge >= 0.3 is 0 Å².